The van der Waals surface area contributed by atoms with Crippen molar-refractivity contribution in [1.82, 2.24) is 15.2 Å². The number of aromatic amines is 1. The minimum absolute atomic E-state index is 0.146. The van der Waals surface area contributed by atoms with Gasteiger partial charge in [-0.25, -0.2) is 0 Å². The summed E-state index contributed by atoms with van der Waals surface area (Å²) >= 11 is 0. The fourth-order valence-corrected chi connectivity index (χ4v) is 1.30. The van der Waals surface area contributed by atoms with E-state index in [9.17, 15) is 4.79 Å². The number of pyridine rings is 1. The van der Waals surface area contributed by atoms with Crippen molar-refractivity contribution in [3.8, 4) is 11.5 Å². The molecule has 0 saturated heterocycles. The van der Waals surface area contributed by atoms with Crippen LogP contribution in [0.4, 0.5) is 0 Å². The van der Waals surface area contributed by atoms with Crippen molar-refractivity contribution < 1.29 is 4.42 Å². The molecule has 2 heterocycles. The monoisotopic (exact) mass is 220 g/mol. The first-order valence-electron chi connectivity index (χ1n) is 5.01. The molecule has 3 N–H and O–H groups in total. The predicted molar refractivity (Wildman–Crippen MR) is 57.7 cm³/mol. The molecule has 0 radical (unpaired) electrons. The number of nitrogens with zero attached hydrogens (tertiary/aromatic N) is 2. The Morgan fingerprint density at radius 2 is 2.31 bits per heavy atom. The number of nitrogens with two attached hydrogens (primary N) is 1. The second kappa shape index (κ2) is 4.71. The summed E-state index contributed by atoms with van der Waals surface area (Å²) in [4.78, 5) is 14.3. The van der Waals surface area contributed by atoms with Gasteiger partial charge in [-0.2, -0.15) is 0 Å². The van der Waals surface area contributed by atoms with E-state index in [1.165, 1.54) is 6.07 Å². The number of aromatic nitrogens is 3. The summed E-state index contributed by atoms with van der Waals surface area (Å²) in [6.07, 6.45) is 4.51. The highest BCUT2D eigenvalue weighted by Gasteiger charge is 2.10. The highest BCUT2D eigenvalue weighted by Crippen LogP contribution is 2.12. The van der Waals surface area contributed by atoms with Crippen molar-refractivity contribution in [2.24, 2.45) is 5.73 Å². The van der Waals surface area contributed by atoms with E-state index in [4.69, 9.17) is 10.2 Å². The van der Waals surface area contributed by atoms with Crippen molar-refractivity contribution in [1.29, 1.82) is 0 Å². The zero-order chi connectivity index (χ0) is 11.4. The zero-order valence-electron chi connectivity index (χ0n) is 8.64. The Hall–Kier alpha value is -1.95. The molecular weight excluding hydrogens is 208 g/mol. The van der Waals surface area contributed by atoms with E-state index in [-0.39, 0.29) is 11.3 Å². The van der Waals surface area contributed by atoms with Gasteiger partial charge in [-0.05, 0) is 13.0 Å². The first-order valence-corrected chi connectivity index (χ1v) is 5.01. The number of hydrogen-bond donors (Lipinski definition) is 2. The van der Waals surface area contributed by atoms with Crippen LogP contribution >= 0.6 is 0 Å². The lowest BCUT2D eigenvalue weighted by molar-refractivity contribution is 0.498. The Balaban J connectivity index is 2.25. The minimum Gasteiger partial charge on any atom is -0.420 e. The molecule has 0 aromatic carbocycles. The first-order chi connectivity index (χ1) is 7.81. The van der Waals surface area contributed by atoms with Gasteiger partial charge in [0, 0.05) is 24.9 Å². The summed E-state index contributed by atoms with van der Waals surface area (Å²) in [7, 11) is 0. The third kappa shape index (κ3) is 2.17. The average Bonchev–Trinajstić information content (AvgIpc) is 2.75. The minimum atomic E-state index is -0.146. The second-order valence-corrected chi connectivity index (χ2v) is 3.32. The molecule has 0 amide bonds. The van der Waals surface area contributed by atoms with Crippen molar-refractivity contribution in [3.63, 3.8) is 0 Å². The van der Waals surface area contributed by atoms with Gasteiger partial charge in [0.15, 0.2) is 5.43 Å². The Bertz CT molecular complexity index is 517. The fourth-order valence-electron chi connectivity index (χ4n) is 1.30. The summed E-state index contributed by atoms with van der Waals surface area (Å²) in [5.41, 5.74) is 5.61. The van der Waals surface area contributed by atoms with Gasteiger partial charge >= 0.3 is 0 Å². The van der Waals surface area contributed by atoms with Gasteiger partial charge in [0.25, 0.3) is 5.89 Å². The van der Waals surface area contributed by atoms with E-state index in [1.54, 1.807) is 12.4 Å². The van der Waals surface area contributed by atoms with E-state index in [0.29, 0.717) is 24.4 Å². The quantitative estimate of drug-likeness (QED) is 0.773. The number of aryl methyl sites for hydroxylation is 1. The van der Waals surface area contributed by atoms with Crippen molar-refractivity contribution in [3.05, 3.63) is 34.6 Å². The lowest BCUT2D eigenvalue weighted by Gasteiger charge is -1.92. The number of rotatable bonds is 4. The molecule has 2 aromatic rings. The molecule has 0 aliphatic rings. The molecule has 6 heteroatoms. The van der Waals surface area contributed by atoms with Gasteiger partial charge in [-0.1, -0.05) is 0 Å². The van der Waals surface area contributed by atoms with Gasteiger partial charge in [0.05, 0.1) is 0 Å². The summed E-state index contributed by atoms with van der Waals surface area (Å²) in [6, 6.07) is 1.42. The summed E-state index contributed by atoms with van der Waals surface area (Å²) in [5.74, 6) is 0.748. The Morgan fingerprint density at radius 3 is 3.06 bits per heavy atom. The van der Waals surface area contributed by atoms with Crippen LogP contribution in [0, 0.1) is 0 Å². The predicted octanol–water partition coefficient (Wildman–Crippen LogP) is 0.316. The van der Waals surface area contributed by atoms with Crippen molar-refractivity contribution in [2.45, 2.75) is 12.8 Å². The third-order valence-electron chi connectivity index (χ3n) is 2.12. The summed E-state index contributed by atoms with van der Waals surface area (Å²) in [6.45, 7) is 0.573. The Kier molecular flexibility index (Phi) is 3.11. The van der Waals surface area contributed by atoms with Crippen LogP contribution in [0.1, 0.15) is 12.3 Å². The van der Waals surface area contributed by atoms with E-state index in [0.717, 1.165) is 6.42 Å². The summed E-state index contributed by atoms with van der Waals surface area (Å²) < 4.78 is 5.35. The lowest BCUT2D eigenvalue weighted by Crippen LogP contribution is -2.02. The highest BCUT2D eigenvalue weighted by atomic mass is 16.4. The van der Waals surface area contributed by atoms with Crippen molar-refractivity contribution >= 4 is 0 Å². The molecule has 0 unspecified atom stereocenters. The molecule has 6 nitrogen and oxygen atoms in total. The largest absolute Gasteiger partial charge is 0.420 e. The third-order valence-corrected chi connectivity index (χ3v) is 2.12. The molecule has 0 atom stereocenters. The molecular formula is C10H12N4O2. The van der Waals surface area contributed by atoms with E-state index in [1.807, 2.05) is 0 Å². The van der Waals surface area contributed by atoms with Gasteiger partial charge in [0.2, 0.25) is 5.89 Å². The highest BCUT2D eigenvalue weighted by molar-refractivity contribution is 5.49. The molecule has 0 saturated carbocycles. The molecule has 84 valence electrons. The van der Waals surface area contributed by atoms with Crippen molar-refractivity contribution in [2.75, 3.05) is 6.54 Å². The van der Waals surface area contributed by atoms with E-state index < -0.39 is 0 Å². The second-order valence-electron chi connectivity index (χ2n) is 3.32. The molecule has 0 bridgehead atoms. The van der Waals surface area contributed by atoms with Gasteiger partial charge in [0.1, 0.15) is 5.56 Å². The Morgan fingerprint density at radius 1 is 1.44 bits per heavy atom. The average molecular weight is 220 g/mol. The standard InChI is InChI=1S/C10H12N4O2/c11-4-1-2-9-13-14-10(16-9)7-6-12-5-3-8(7)15/h3,5-6H,1-2,4,11H2,(H,12,15). The zero-order valence-corrected chi connectivity index (χ0v) is 8.64. The first kappa shape index (κ1) is 10.6. The van der Waals surface area contributed by atoms with Gasteiger partial charge in [-0.3, -0.25) is 4.79 Å². The van der Waals surface area contributed by atoms with Crippen LogP contribution in [0.25, 0.3) is 11.5 Å². The number of hydrogen-bond acceptors (Lipinski definition) is 5. The number of H-pyrrole nitrogens is 1. The maximum absolute atomic E-state index is 11.5. The molecule has 0 spiro atoms. The normalized spacial score (nSPS) is 10.6. The maximum atomic E-state index is 11.5. The maximum Gasteiger partial charge on any atom is 0.253 e. The lowest BCUT2D eigenvalue weighted by atomic mass is 10.3. The number of nitrogens with one attached hydrogen (secondary N) is 1. The van der Waals surface area contributed by atoms with Crippen LogP contribution in [0.15, 0.2) is 27.7 Å². The summed E-state index contributed by atoms with van der Waals surface area (Å²) in [5, 5.41) is 7.67. The smallest absolute Gasteiger partial charge is 0.253 e. The topological polar surface area (TPSA) is 97.8 Å². The van der Waals surface area contributed by atoms with Crippen LogP contribution in [0.2, 0.25) is 0 Å². The van der Waals surface area contributed by atoms with E-state index >= 15 is 0 Å². The van der Waals surface area contributed by atoms with Crippen LogP contribution in [-0.4, -0.2) is 21.7 Å². The molecule has 0 fully saturated rings. The van der Waals surface area contributed by atoms with Crippen LogP contribution in [-0.2, 0) is 6.42 Å². The van der Waals surface area contributed by atoms with Crippen LogP contribution in [0.3, 0.4) is 0 Å². The SMILES string of the molecule is NCCCc1nnc(-c2c[nH]ccc2=O)o1. The molecule has 2 rings (SSSR count). The van der Waals surface area contributed by atoms with Crippen LogP contribution < -0.4 is 11.2 Å². The molecule has 2 aromatic heterocycles. The molecule has 0 aliphatic carbocycles. The van der Waals surface area contributed by atoms with E-state index in [2.05, 4.69) is 15.2 Å². The molecule has 16 heavy (non-hydrogen) atoms. The van der Waals surface area contributed by atoms with Gasteiger partial charge in [-0.15, -0.1) is 10.2 Å². The van der Waals surface area contributed by atoms with Gasteiger partial charge < -0.3 is 15.1 Å². The van der Waals surface area contributed by atoms with Crippen LogP contribution in [0.5, 0.6) is 0 Å². The Labute approximate surface area is 91.5 Å². The fraction of sp³-hybridized carbons (Fsp3) is 0.300. The molecule has 0 aliphatic heterocycles.